The molecule has 7 heteroatoms. The number of guanidine groups is 1. The first-order chi connectivity index (χ1) is 12.6. The maximum atomic E-state index is 11.8. The summed E-state index contributed by atoms with van der Waals surface area (Å²) in [6, 6.07) is 0.461. The number of likely N-dealkylation sites (N-methyl/N-ethyl adjacent to an activating group) is 1. The third-order valence-electron chi connectivity index (χ3n) is 4.95. The van der Waals surface area contributed by atoms with Gasteiger partial charge in [0.05, 0.1) is 13.2 Å². The molecule has 150 valence electrons. The van der Waals surface area contributed by atoms with Gasteiger partial charge in [-0.15, -0.1) is 0 Å². The lowest BCUT2D eigenvalue weighted by molar-refractivity contribution is -0.127. The van der Waals surface area contributed by atoms with E-state index in [1.54, 1.807) is 19.0 Å². The van der Waals surface area contributed by atoms with Gasteiger partial charge in [0.1, 0.15) is 6.54 Å². The third-order valence-corrected chi connectivity index (χ3v) is 4.95. The Balaban J connectivity index is 1.67. The Labute approximate surface area is 157 Å². The van der Waals surface area contributed by atoms with E-state index in [1.807, 2.05) is 0 Å². The largest absolute Gasteiger partial charge is 0.381 e. The van der Waals surface area contributed by atoms with E-state index in [9.17, 15) is 4.79 Å². The van der Waals surface area contributed by atoms with Gasteiger partial charge < -0.3 is 25.0 Å². The molecule has 1 atom stereocenters. The zero-order valence-corrected chi connectivity index (χ0v) is 16.5. The Morgan fingerprint density at radius 2 is 2.04 bits per heavy atom. The summed E-state index contributed by atoms with van der Waals surface area (Å²) < 4.78 is 11.1. The Morgan fingerprint density at radius 1 is 1.23 bits per heavy atom. The smallest absolute Gasteiger partial charge is 0.243 e. The fourth-order valence-corrected chi connectivity index (χ4v) is 3.23. The summed E-state index contributed by atoms with van der Waals surface area (Å²) >= 11 is 0. The van der Waals surface area contributed by atoms with Crippen molar-refractivity contribution in [1.82, 2.24) is 15.5 Å². The number of hydrogen-bond donors (Lipinski definition) is 2. The molecular formula is C19H36N4O3. The molecule has 1 heterocycles. The van der Waals surface area contributed by atoms with E-state index in [-0.39, 0.29) is 12.5 Å². The van der Waals surface area contributed by atoms with Crippen LogP contribution in [0.4, 0.5) is 0 Å². The van der Waals surface area contributed by atoms with Crippen molar-refractivity contribution in [3.05, 3.63) is 0 Å². The Hall–Kier alpha value is -1.34. The van der Waals surface area contributed by atoms with Crippen molar-refractivity contribution in [3.8, 4) is 0 Å². The molecule has 0 aromatic heterocycles. The molecule has 0 aromatic rings. The highest BCUT2D eigenvalue weighted by atomic mass is 16.5. The molecule has 7 nitrogen and oxygen atoms in total. The van der Waals surface area contributed by atoms with Gasteiger partial charge in [-0.1, -0.05) is 19.3 Å². The molecule has 1 unspecified atom stereocenters. The molecule has 2 rings (SSSR count). The van der Waals surface area contributed by atoms with Crippen LogP contribution in [0.15, 0.2) is 4.99 Å². The van der Waals surface area contributed by atoms with Crippen LogP contribution < -0.4 is 10.6 Å². The van der Waals surface area contributed by atoms with Gasteiger partial charge in [0.25, 0.3) is 0 Å². The SMILES string of the molecule is CN(C)C(=O)CN=C(NCCCOCC1CCOC1)NC1CCCCC1. The van der Waals surface area contributed by atoms with E-state index in [4.69, 9.17) is 9.47 Å². The van der Waals surface area contributed by atoms with Crippen LogP contribution in [0.3, 0.4) is 0 Å². The summed E-state index contributed by atoms with van der Waals surface area (Å²) in [6.07, 6.45) is 8.23. The highest BCUT2D eigenvalue weighted by Gasteiger charge is 2.16. The zero-order valence-electron chi connectivity index (χ0n) is 16.5. The molecule has 2 aliphatic rings. The predicted octanol–water partition coefficient (Wildman–Crippen LogP) is 1.39. The van der Waals surface area contributed by atoms with Gasteiger partial charge in [0.2, 0.25) is 5.91 Å². The minimum Gasteiger partial charge on any atom is -0.381 e. The van der Waals surface area contributed by atoms with Crippen LogP contribution in [0.5, 0.6) is 0 Å². The summed E-state index contributed by atoms with van der Waals surface area (Å²) in [5.74, 6) is 1.32. The molecule has 0 bridgehead atoms. The lowest BCUT2D eigenvalue weighted by atomic mass is 9.96. The topological polar surface area (TPSA) is 75.2 Å². The second-order valence-electron chi connectivity index (χ2n) is 7.52. The summed E-state index contributed by atoms with van der Waals surface area (Å²) in [6.45, 7) is 4.19. The van der Waals surface area contributed by atoms with E-state index < -0.39 is 0 Å². The molecule has 0 aromatic carbocycles. The average Bonchev–Trinajstić information content (AvgIpc) is 3.16. The second kappa shape index (κ2) is 12.1. The highest BCUT2D eigenvalue weighted by Crippen LogP contribution is 2.17. The summed E-state index contributed by atoms with van der Waals surface area (Å²) in [7, 11) is 3.51. The first kappa shape index (κ1) is 21.0. The van der Waals surface area contributed by atoms with Crippen LogP contribution in [0, 0.1) is 5.92 Å². The summed E-state index contributed by atoms with van der Waals surface area (Å²) in [4.78, 5) is 17.9. The molecule has 2 N–H and O–H groups in total. The van der Waals surface area contributed by atoms with Crippen molar-refractivity contribution in [2.45, 2.75) is 51.0 Å². The van der Waals surface area contributed by atoms with E-state index in [0.29, 0.717) is 12.0 Å². The maximum absolute atomic E-state index is 11.8. The fraction of sp³-hybridized carbons (Fsp3) is 0.895. The van der Waals surface area contributed by atoms with Gasteiger partial charge in [0, 0.05) is 45.8 Å². The molecule has 2 fully saturated rings. The van der Waals surface area contributed by atoms with Crippen LogP contribution in [0.1, 0.15) is 44.9 Å². The minimum absolute atomic E-state index is 0.0110. The molecule has 1 aliphatic heterocycles. The van der Waals surface area contributed by atoms with E-state index in [2.05, 4.69) is 15.6 Å². The molecule has 1 saturated heterocycles. The van der Waals surface area contributed by atoms with Gasteiger partial charge in [-0.2, -0.15) is 0 Å². The summed E-state index contributed by atoms with van der Waals surface area (Å²) in [5.41, 5.74) is 0. The normalized spacial score (nSPS) is 21.6. The number of hydrogen-bond acceptors (Lipinski definition) is 4. The van der Waals surface area contributed by atoms with Crippen LogP contribution >= 0.6 is 0 Å². The molecule has 1 aliphatic carbocycles. The van der Waals surface area contributed by atoms with Crippen LogP contribution in [0.2, 0.25) is 0 Å². The lowest BCUT2D eigenvalue weighted by Crippen LogP contribution is -2.45. The van der Waals surface area contributed by atoms with Crippen molar-refractivity contribution in [2.75, 3.05) is 53.6 Å². The monoisotopic (exact) mass is 368 g/mol. The first-order valence-corrected chi connectivity index (χ1v) is 10.1. The number of nitrogens with zero attached hydrogens (tertiary/aromatic N) is 2. The minimum atomic E-state index is 0.0110. The quantitative estimate of drug-likeness (QED) is 0.365. The first-order valence-electron chi connectivity index (χ1n) is 10.1. The van der Waals surface area contributed by atoms with Crippen LogP contribution in [-0.2, 0) is 14.3 Å². The van der Waals surface area contributed by atoms with Crippen molar-refractivity contribution in [1.29, 1.82) is 0 Å². The number of carbonyl (C=O) groups is 1. The molecular weight excluding hydrogens is 332 g/mol. The number of ether oxygens (including phenoxy) is 2. The third kappa shape index (κ3) is 8.36. The Morgan fingerprint density at radius 3 is 2.73 bits per heavy atom. The van der Waals surface area contributed by atoms with Gasteiger partial charge in [-0.25, -0.2) is 4.99 Å². The summed E-state index contributed by atoms with van der Waals surface area (Å²) in [5, 5.41) is 6.85. The van der Waals surface area contributed by atoms with Crippen molar-refractivity contribution in [2.24, 2.45) is 10.9 Å². The number of carbonyl (C=O) groups excluding carboxylic acids is 1. The zero-order chi connectivity index (χ0) is 18.6. The Kier molecular flexibility index (Phi) is 9.77. The van der Waals surface area contributed by atoms with Gasteiger partial charge in [0.15, 0.2) is 5.96 Å². The number of aliphatic imine (C=N–C) groups is 1. The highest BCUT2D eigenvalue weighted by molar-refractivity contribution is 5.84. The van der Waals surface area contributed by atoms with Crippen molar-refractivity contribution in [3.63, 3.8) is 0 Å². The Bertz CT molecular complexity index is 431. The molecule has 0 spiro atoms. The standard InChI is InChI=1S/C19H36N4O3/c1-23(2)18(24)13-21-19(22-17-7-4-3-5-8-17)20-10-6-11-25-14-16-9-12-26-15-16/h16-17H,3-15H2,1-2H3,(H2,20,21,22). The lowest BCUT2D eigenvalue weighted by Gasteiger charge is -2.25. The second-order valence-corrected chi connectivity index (χ2v) is 7.52. The molecule has 1 saturated carbocycles. The van der Waals surface area contributed by atoms with E-state index in [1.165, 1.54) is 32.1 Å². The van der Waals surface area contributed by atoms with Crippen LogP contribution in [0.25, 0.3) is 0 Å². The fourth-order valence-electron chi connectivity index (χ4n) is 3.23. The van der Waals surface area contributed by atoms with E-state index in [0.717, 1.165) is 51.8 Å². The molecule has 0 radical (unpaired) electrons. The molecule has 1 amide bonds. The van der Waals surface area contributed by atoms with Crippen LogP contribution in [-0.4, -0.2) is 76.4 Å². The van der Waals surface area contributed by atoms with Crippen molar-refractivity contribution >= 4 is 11.9 Å². The van der Waals surface area contributed by atoms with Crippen molar-refractivity contribution < 1.29 is 14.3 Å². The van der Waals surface area contributed by atoms with Gasteiger partial charge in [-0.3, -0.25) is 4.79 Å². The number of amides is 1. The van der Waals surface area contributed by atoms with Gasteiger partial charge in [-0.05, 0) is 25.7 Å². The predicted molar refractivity (Wildman–Crippen MR) is 103 cm³/mol. The number of rotatable bonds is 9. The maximum Gasteiger partial charge on any atom is 0.243 e. The molecule has 26 heavy (non-hydrogen) atoms. The van der Waals surface area contributed by atoms with E-state index >= 15 is 0 Å². The number of nitrogens with one attached hydrogen (secondary N) is 2. The average molecular weight is 369 g/mol. The van der Waals surface area contributed by atoms with Gasteiger partial charge >= 0.3 is 0 Å².